The van der Waals surface area contributed by atoms with E-state index in [0.29, 0.717) is 35.2 Å². The molecular formula is C23H24Cl2FNO3. The van der Waals surface area contributed by atoms with Crippen LogP contribution in [0.25, 0.3) is 0 Å². The van der Waals surface area contributed by atoms with Crippen molar-refractivity contribution in [2.45, 2.75) is 19.7 Å². The molecule has 0 fully saturated rings. The molecule has 0 saturated heterocycles. The van der Waals surface area contributed by atoms with E-state index in [1.54, 1.807) is 32.4 Å². The summed E-state index contributed by atoms with van der Waals surface area (Å²) in [6, 6.07) is 18.0. The van der Waals surface area contributed by atoms with E-state index in [4.69, 9.17) is 25.8 Å². The molecule has 0 radical (unpaired) electrons. The van der Waals surface area contributed by atoms with Crippen molar-refractivity contribution in [2.75, 3.05) is 14.2 Å². The van der Waals surface area contributed by atoms with Crippen LogP contribution in [-0.4, -0.2) is 14.2 Å². The third-order valence-corrected chi connectivity index (χ3v) is 4.72. The standard InChI is InChI=1S/C23H23ClFNO3.ClH/c1-27-19-9-7-16(8-10-19)13-26-14-17-11-20(24)23(22(12-17)28-2)29-15-18-5-3-4-6-21(18)25;/h3-12,26H,13-15H2,1-2H3;1H. The molecule has 30 heavy (non-hydrogen) atoms. The average molecular weight is 452 g/mol. The lowest BCUT2D eigenvalue weighted by molar-refractivity contribution is 0.279. The largest absolute Gasteiger partial charge is 0.497 e. The molecule has 0 bridgehead atoms. The fourth-order valence-electron chi connectivity index (χ4n) is 2.88. The summed E-state index contributed by atoms with van der Waals surface area (Å²) in [4.78, 5) is 0. The second-order valence-electron chi connectivity index (χ2n) is 6.44. The number of halogens is 3. The number of nitrogens with one attached hydrogen (secondary N) is 1. The Morgan fingerprint density at radius 2 is 1.60 bits per heavy atom. The van der Waals surface area contributed by atoms with Gasteiger partial charge in [0.2, 0.25) is 0 Å². The molecule has 0 heterocycles. The van der Waals surface area contributed by atoms with E-state index >= 15 is 0 Å². The van der Waals surface area contributed by atoms with Gasteiger partial charge in [-0.1, -0.05) is 41.9 Å². The number of hydrogen-bond donors (Lipinski definition) is 1. The summed E-state index contributed by atoms with van der Waals surface area (Å²) in [5.74, 6) is 1.42. The van der Waals surface area contributed by atoms with Gasteiger partial charge in [-0.25, -0.2) is 4.39 Å². The van der Waals surface area contributed by atoms with Crippen LogP contribution in [0.15, 0.2) is 60.7 Å². The number of benzene rings is 3. The molecule has 1 N–H and O–H groups in total. The summed E-state index contributed by atoms with van der Waals surface area (Å²) in [5.41, 5.74) is 2.56. The summed E-state index contributed by atoms with van der Waals surface area (Å²) in [6.07, 6.45) is 0. The van der Waals surface area contributed by atoms with Crippen molar-refractivity contribution in [1.29, 1.82) is 0 Å². The Morgan fingerprint density at radius 1 is 0.900 bits per heavy atom. The number of ether oxygens (including phenoxy) is 3. The maximum absolute atomic E-state index is 13.8. The third kappa shape index (κ3) is 6.26. The van der Waals surface area contributed by atoms with Gasteiger partial charge in [-0.05, 0) is 41.5 Å². The SMILES string of the molecule is COc1ccc(CNCc2cc(Cl)c(OCc3ccccc3F)c(OC)c2)cc1.Cl. The van der Waals surface area contributed by atoms with Crippen LogP contribution in [0.3, 0.4) is 0 Å². The van der Waals surface area contributed by atoms with Gasteiger partial charge in [0.25, 0.3) is 0 Å². The molecule has 3 aromatic carbocycles. The quantitative estimate of drug-likeness (QED) is 0.447. The average Bonchev–Trinajstić information content (AvgIpc) is 2.74. The molecule has 4 nitrogen and oxygen atoms in total. The van der Waals surface area contributed by atoms with Crippen LogP contribution in [0.5, 0.6) is 17.2 Å². The van der Waals surface area contributed by atoms with E-state index < -0.39 is 0 Å². The van der Waals surface area contributed by atoms with Gasteiger partial charge in [0.15, 0.2) is 11.5 Å². The van der Waals surface area contributed by atoms with Crippen molar-refractivity contribution < 1.29 is 18.6 Å². The monoisotopic (exact) mass is 451 g/mol. The Hall–Kier alpha value is -2.47. The van der Waals surface area contributed by atoms with Crippen molar-refractivity contribution in [2.24, 2.45) is 0 Å². The van der Waals surface area contributed by atoms with E-state index in [9.17, 15) is 4.39 Å². The molecular weight excluding hydrogens is 428 g/mol. The van der Waals surface area contributed by atoms with Crippen LogP contribution >= 0.6 is 24.0 Å². The minimum Gasteiger partial charge on any atom is -0.497 e. The van der Waals surface area contributed by atoms with Crippen LogP contribution in [0.2, 0.25) is 5.02 Å². The first-order valence-corrected chi connectivity index (χ1v) is 9.54. The third-order valence-electron chi connectivity index (χ3n) is 4.44. The lowest BCUT2D eigenvalue weighted by Crippen LogP contribution is -2.13. The Morgan fingerprint density at radius 3 is 2.27 bits per heavy atom. The summed E-state index contributed by atoms with van der Waals surface area (Å²) in [5, 5.41) is 3.79. The zero-order valence-corrected chi connectivity index (χ0v) is 18.4. The van der Waals surface area contributed by atoms with Crippen LogP contribution in [0.1, 0.15) is 16.7 Å². The Kier molecular flexibility index (Phi) is 9.24. The van der Waals surface area contributed by atoms with E-state index in [1.165, 1.54) is 6.07 Å². The Balaban J connectivity index is 0.00000320. The highest BCUT2D eigenvalue weighted by molar-refractivity contribution is 6.32. The molecule has 0 saturated carbocycles. The molecule has 0 aromatic heterocycles. The molecule has 0 aliphatic heterocycles. The zero-order chi connectivity index (χ0) is 20.6. The molecule has 0 aliphatic rings. The van der Waals surface area contributed by atoms with Gasteiger partial charge in [0, 0.05) is 18.7 Å². The molecule has 0 aliphatic carbocycles. The fourth-order valence-corrected chi connectivity index (χ4v) is 3.16. The molecule has 0 unspecified atom stereocenters. The number of rotatable bonds is 9. The van der Waals surface area contributed by atoms with Gasteiger partial charge in [-0.15, -0.1) is 12.4 Å². The first kappa shape index (κ1) is 23.8. The first-order chi connectivity index (χ1) is 14.1. The lowest BCUT2D eigenvalue weighted by Gasteiger charge is -2.15. The summed E-state index contributed by atoms with van der Waals surface area (Å²) in [6.45, 7) is 1.38. The smallest absolute Gasteiger partial charge is 0.180 e. The van der Waals surface area contributed by atoms with Crippen molar-refractivity contribution in [3.05, 3.63) is 88.2 Å². The highest BCUT2D eigenvalue weighted by Gasteiger charge is 2.13. The van der Waals surface area contributed by atoms with Crippen molar-refractivity contribution in [3.8, 4) is 17.2 Å². The predicted octanol–water partition coefficient (Wildman–Crippen LogP) is 5.79. The highest BCUT2D eigenvalue weighted by atomic mass is 35.5. The van der Waals surface area contributed by atoms with Gasteiger partial charge < -0.3 is 19.5 Å². The van der Waals surface area contributed by atoms with Crippen molar-refractivity contribution in [3.63, 3.8) is 0 Å². The molecule has 3 rings (SSSR count). The fraction of sp³-hybridized carbons (Fsp3) is 0.217. The lowest BCUT2D eigenvalue weighted by atomic mass is 10.1. The normalized spacial score (nSPS) is 10.3. The highest BCUT2D eigenvalue weighted by Crippen LogP contribution is 2.37. The van der Waals surface area contributed by atoms with Crippen LogP contribution < -0.4 is 19.5 Å². The maximum Gasteiger partial charge on any atom is 0.180 e. The van der Waals surface area contributed by atoms with Crippen molar-refractivity contribution >= 4 is 24.0 Å². The van der Waals surface area contributed by atoms with Gasteiger partial charge >= 0.3 is 0 Å². The summed E-state index contributed by atoms with van der Waals surface area (Å²) < 4.78 is 30.1. The number of methoxy groups -OCH3 is 2. The van der Waals surface area contributed by atoms with Crippen LogP contribution in [0.4, 0.5) is 4.39 Å². The number of hydrogen-bond acceptors (Lipinski definition) is 4. The second-order valence-corrected chi connectivity index (χ2v) is 6.85. The topological polar surface area (TPSA) is 39.7 Å². The van der Waals surface area contributed by atoms with Gasteiger partial charge in [-0.3, -0.25) is 0 Å². The molecule has 0 amide bonds. The van der Waals surface area contributed by atoms with E-state index in [0.717, 1.165) is 16.9 Å². The predicted molar refractivity (Wildman–Crippen MR) is 120 cm³/mol. The maximum atomic E-state index is 13.8. The van der Waals surface area contributed by atoms with E-state index in [1.807, 2.05) is 36.4 Å². The minimum atomic E-state index is -0.318. The first-order valence-electron chi connectivity index (χ1n) is 9.17. The molecule has 3 aromatic rings. The van der Waals surface area contributed by atoms with Crippen molar-refractivity contribution in [1.82, 2.24) is 5.32 Å². The zero-order valence-electron chi connectivity index (χ0n) is 16.8. The van der Waals surface area contributed by atoms with Crippen LogP contribution in [0, 0.1) is 5.82 Å². The molecule has 0 atom stereocenters. The molecule has 160 valence electrons. The van der Waals surface area contributed by atoms with Gasteiger partial charge in [0.1, 0.15) is 18.2 Å². The summed E-state index contributed by atoms with van der Waals surface area (Å²) in [7, 11) is 3.20. The molecule has 7 heteroatoms. The summed E-state index contributed by atoms with van der Waals surface area (Å²) >= 11 is 6.41. The Labute approximate surface area is 187 Å². The van der Waals surface area contributed by atoms with E-state index in [-0.39, 0.29) is 24.8 Å². The van der Waals surface area contributed by atoms with Gasteiger partial charge in [-0.2, -0.15) is 0 Å². The molecule has 0 spiro atoms. The van der Waals surface area contributed by atoms with E-state index in [2.05, 4.69) is 5.32 Å². The van der Waals surface area contributed by atoms with Gasteiger partial charge in [0.05, 0.1) is 19.2 Å². The van der Waals surface area contributed by atoms with Crippen LogP contribution in [-0.2, 0) is 19.7 Å². The minimum absolute atomic E-state index is 0. The Bertz CT molecular complexity index is 952. The second kappa shape index (κ2) is 11.6.